The summed E-state index contributed by atoms with van der Waals surface area (Å²) >= 11 is 6.41. The number of ether oxygens (including phenoxy) is 1. The van der Waals surface area contributed by atoms with Gasteiger partial charge in [-0.3, -0.25) is 19.2 Å². The van der Waals surface area contributed by atoms with Gasteiger partial charge in [0.05, 0.1) is 33.5 Å². The van der Waals surface area contributed by atoms with Crippen LogP contribution in [0.5, 0.6) is 0 Å². The Morgan fingerprint density at radius 3 is 2.47 bits per heavy atom. The Morgan fingerprint density at radius 1 is 1.02 bits per heavy atom. The molecule has 5 aliphatic rings. The number of nitrogens with zero attached hydrogens (tertiary/aromatic N) is 6. The molecule has 266 valence electrons. The average molecular weight is 711 g/mol. The molecule has 5 saturated heterocycles. The fourth-order valence-corrected chi connectivity index (χ4v) is 8.96. The first kappa shape index (κ1) is 33.6. The molecule has 51 heavy (non-hydrogen) atoms. The van der Waals surface area contributed by atoms with Crippen LogP contribution in [0.4, 0.5) is 10.5 Å². The van der Waals surface area contributed by atoms with Crippen LogP contribution in [0, 0.1) is 18.3 Å². The van der Waals surface area contributed by atoms with Gasteiger partial charge in [-0.1, -0.05) is 35.7 Å². The van der Waals surface area contributed by atoms with Crippen LogP contribution >= 0.6 is 11.6 Å². The maximum Gasteiger partial charge on any atom is 0.410 e. The number of aromatic amines is 1. The number of piperidine rings is 4. The van der Waals surface area contributed by atoms with Crippen LogP contribution in [0.2, 0.25) is 5.02 Å². The molecule has 0 saturated carbocycles. The van der Waals surface area contributed by atoms with Crippen LogP contribution in [0.25, 0.3) is 21.9 Å². The van der Waals surface area contributed by atoms with Crippen molar-refractivity contribution in [3.63, 3.8) is 0 Å². The number of piperazine rings is 1. The van der Waals surface area contributed by atoms with E-state index in [1.807, 2.05) is 29.2 Å². The number of pyridine rings is 1. The van der Waals surface area contributed by atoms with Gasteiger partial charge in [0.15, 0.2) is 6.10 Å². The summed E-state index contributed by atoms with van der Waals surface area (Å²) in [5.74, 6) is 3.06. The van der Waals surface area contributed by atoms with Crippen LogP contribution in [0.3, 0.4) is 0 Å². The number of hydrogen-bond acceptors (Lipinski definition) is 8. The minimum absolute atomic E-state index is 0.112. The van der Waals surface area contributed by atoms with Gasteiger partial charge in [-0.25, -0.2) is 9.59 Å². The van der Waals surface area contributed by atoms with Gasteiger partial charge in [-0.05, 0) is 68.5 Å². The predicted octanol–water partition coefficient (Wildman–Crippen LogP) is 3.72. The number of nitrogen functional groups attached to an aromatic ring is 1. The van der Waals surface area contributed by atoms with Crippen molar-refractivity contribution in [1.29, 1.82) is 0 Å². The molecule has 12 nitrogen and oxygen atoms in total. The quantitative estimate of drug-likeness (QED) is 0.229. The van der Waals surface area contributed by atoms with Crippen molar-refractivity contribution in [2.75, 3.05) is 64.6 Å². The van der Waals surface area contributed by atoms with E-state index in [1.54, 1.807) is 27.8 Å². The van der Waals surface area contributed by atoms with Crippen molar-refractivity contribution in [2.45, 2.75) is 50.3 Å². The smallest absolute Gasteiger partial charge is 0.410 e. The van der Waals surface area contributed by atoms with Gasteiger partial charge < -0.3 is 30.2 Å². The number of imidazole rings is 1. The lowest BCUT2D eigenvalue weighted by molar-refractivity contribution is -0.143. The fraction of sp³-hybridized carbons (Fsp3) is 0.474. The van der Waals surface area contributed by atoms with E-state index in [0.29, 0.717) is 66.9 Å². The summed E-state index contributed by atoms with van der Waals surface area (Å²) in [5, 5.41) is 1.18. The van der Waals surface area contributed by atoms with E-state index >= 15 is 0 Å². The largest absolute Gasteiger partial charge is 0.436 e. The number of likely N-dealkylation sites (tertiary alicyclic amines) is 1. The number of amides is 2. The minimum atomic E-state index is -1.07. The van der Waals surface area contributed by atoms with E-state index in [4.69, 9.17) is 28.5 Å². The van der Waals surface area contributed by atoms with Crippen molar-refractivity contribution in [3.05, 3.63) is 69.2 Å². The second-order valence-corrected chi connectivity index (χ2v) is 14.8. The van der Waals surface area contributed by atoms with Gasteiger partial charge in [-0.15, -0.1) is 6.42 Å². The molecule has 9 rings (SSSR count). The maximum absolute atomic E-state index is 14.2. The standard InChI is InChI=1S/C38H43ClN8O4/c1-2-25-19-24(20-29(39)34(25)40)21-33(36(48)45-17-15-44(16-18-45)32-23-43-11-7-26(32)8-12-43)51-38(50)46-13-9-27(10-14-46)47-31-22-41-30-6-4-3-5-28(30)35(31)42-37(47)49/h1,3-6,19-20,22,26-27,32-33H,7-18,21,23,40H2,(H,42,49)/t32?,33-/m1/s1. The van der Waals surface area contributed by atoms with Crippen molar-refractivity contribution in [1.82, 2.24) is 34.1 Å². The molecule has 0 spiro atoms. The Balaban J connectivity index is 0.961. The SMILES string of the molecule is C#Cc1cc(C[C@@H](OC(=O)N2CCC(n3c(=O)[nH]c4c5ccccc5ncc43)CC2)C(=O)N2CCN(C3CN4CCC3CC4)CC2)cc(Cl)c1N. The van der Waals surface area contributed by atoms with Crippen molar-refractivity contribution in [3.8, 4) is 12.3 Å². The molecule has 4 aromatic rings. The van der Waals surface area contributed by atoms with Gasteiger partial charge in [0, 0.05) is 75.3 Å². The maximum atomic E-state index is 14.2. The minimum Gasteiger partial charge on any atom is -0.436 e. The highest BCUT2D eigenvalue weighted by Gasteiger charge is 2.40. The number of terminal acetylenes is 1. The number of anilines is 1. The number of fused-ring (bicyclic) bond motifs is 6. The average Bonchev–Trinajstić information content (AvgIpc) is 3.52. The van der Waals surface area contributed by atoms with Crippen molar-refractivity contribution < 1.29 is 14.3 Å². The lowest BCUT2D eigenvalue weighted by Crippen LogP contribution is -2.62. The second kappa shape index (κ2) is 13.9. The molecule has 2 atom stereocenters. The Morgan fingerprint density at radius 2 is 1.76 bits per heavy atom. The number of H-pyrrole nitrogens is 1. The van der Waals surface area contributed by atoms with Crippen LogP contribution in [0.1, 0.15) is 42.9 Å². The molecule has 0 aliphatic carbocycles. The first-order valence-electron chi connectivity index (χ1n) is 18.0. The van der Waals surface area contributed by atoms with Gasteiger partial charge >= 0.3 is 11.8 Å². The number of rotatable bonds is 6. The highest BCUT2D eigenvalue weighted by Crippen LogP contribution is 2.32. The molecular formula is C38H43ClN8O4. The number of nitrogens with two attached hydrogens (primary N) is 1. The summed E-state index contributed by atoms with van der Waals surface area (Å²) in [7, 11) is 0. The van der Waals surface area contributed by atoms with Crippen molar-refractivity contribution in [2.24, 2.45) is 5.92 Å². The third-order valence-corrected chi connectivity index (χ3v) is 11.9. The first-order chi connectivity index (χ1) is 24.8. The van der Waals surface area contributed by atoms with Gasteiger partial charge in [0.2, 0.25) is 0 Å². The summed E-state index contributed by atoms with van der Waals surface area (Å²) in [6.45, 7) is 6.97. The zero-order valence-corrected chi connectivity index (χ0v) is 29.4. The molecule has 13 heteroatoms. The summed E-state index contributed by atoms with van der Waals surface area (Å²) in [4.78, 5) is 57.2. The first-order valence-corrected chi connectivity index (χ1v) is 18.4. The molecular weight excluding hydrogens is 668 g/mol. The Labute approximate surface area is 301 Å². The molecule has 7 heterocycles. The zero-order valence-electron chi connectivity index (χ0n) is 28.6. The topological polar surface area (TPSA) is 133 Å². The molecule has 5 aliphatic heterocycles. The number of halogens is 1. The van der Waals surface area contributed by atoms with Crippen LogP contribution in [-0.2, 0) is 16.0 Å². The number of nitrogens with one attached hydrogen (secondary N) is 1. The zero-order chi connectivity index (χ0) is 35.2. The highest BCUT2D eigenvalue weighted by atomic mass is 35.5. The number of benzene rings is 2. The number of aromatic nitrogens is 3. The highest BCUT2D eigenvalue weighted by molar-refractivity contribution is 6.33. The number of hydrogen-bond donors (Lipinski definition) is 2. The molecule has 3 N–H and O–H groups in total. The summed E-state index contributed by atoms with van der Waals surface area (Å²) in [6.07, 6.45) is 9.50. The summed E-state index contributed by atoms with van der Waals surface area (Å²) in [6, 6.07) is 11.5. The number of carbonyl (C=O) groups excluding carboxylic acids is 2. The molecule has 2 bridgehead atoms. The normalized spacial score (nSPS) is 23.4. The monoisotopic (exact) mass is 710 g/mol. The number of carbonyl (C=O) groups is 2. The predicted molar refractivity (Wildman–Crippen MR) is 197 cm³/mol. The van der Waals surface area contributed by atoms with Gasteiger partial charge in [0.1, 0.15) is 0 Å². The number of para-hydroxylation sites is 1. The van der Waals surface area contributed by atoms with E-state index in [1.165, 1.54) is 25.9 Å². The van der Waals surface area contributed by atoms with E-state index < -0.39 is 12.2 Å². The van der Waals surface area contributed by atoms with Crippen molar-refractivity contribution >= 4 is 51.2 Å². The molecule has 2 aromatic heterocycles. The van der Waals surface area contributed by atoms with Gasteiger partial charge in [-0.2, -0.15) is 0 Å². The Hall–Kier alpha value is -4.57. The van der Waals surface area contributed by atoms with E-state index in [2.05, 4.69) is 25.7 Å². The molecule has 0 radical (unpaired) electrons. The Bertz CT molecular complexity index is 2070. The molecule has 2 aromatic carbocycles. The van der Waals surface area contributed by atoms with Crippen LogP contribution < -0.4 is 11.4 Å². The molecule has 2 amide bonds. The third kappa shape index (κ3) is 6.43. The van der Waals surface area contributed by atoms with E-state index in [0.717, 1.165) is 47.5 Å². The van der Waals surface area contributed by atoms with E-state index in [-0.39, 0.29) is 24.1 Å². The summed E-state index contributed by atoms with van der Waals surface area (Å²) in [5.41, 5.74) is 9.59. The lowest BCUT2D eigenvalue weighted by atomic mass is 9.83. The van der Waals surface area contributed by atoms with Crippen LogP contribution in [-0.4, -0.2) is 117 Å². The molecule has 1 unspecified atom stereocenters. The second-order valence-electron chi connectivity index (χ2n) is 14.4. The fourth-order valence-electron chi connectivity index (χ4n) is 8.72. The van der Waals surface area contributed by atoms with E-state index in [9.17, 15) is 14.4 Å². The van der Waals surface area contributed by atoms with Gasteiger partial charge in [0.25, 0.3) is 5.91 Å². The lowest BCUT2D eigenvalue weighted by Gasteiger charge is -2.51. The third-order valence-electron chi connectivity index (χ3n) is 11.6. The summed E-state index contributed by atoms with van der Waals surface area (Å²) < 4.78 is 7.83. The molecule has 5 fully saturated rings. The Kier molecular flexibility index (Phi) is 9.12. The van der Waals surface area contributed by atoms with Crippen LogP contribution in [0.15, 0.2) is 47.4 Å².